The van der Waals surface area contributed by atoms with Crippen molar-refractivity contribution in [3.05, 3.63) is 99.9 Å². The Bertz CT molecular complexity index is 1360. The van der Waals surface area contributed by atoms with Crippen LogP contribution in [0.1, 0.15) is 67.1 Å². The van der Waals surface area contributed by atoms with Gasteiger partial charge in [-0.05, 0) is 53.6 Å². The lowest BCUT2D eigenvalue weighted by molar-refractivity contribution is -0.136. The van der Waals surface area contributed by atoms with E-state index < -0.39 is 5.97 Å². The van der Waals surface area contributed by atoms with Gasteiger partial charge in [-0.3, -0.25) is 4.79 Å². The van der Waals surface area contributed by atoms with Crippen LogP contribution in [0, 0.1) is 0 Å². The summed E-state index contributed by atoms with van der Waals surface area (Å²) in [4.78, 5) is 20.5. The third-order valence-corrected chi connectivity index (χ3v) is 8.25. The van der Waals surface area contributed by atoms with Crippen LogP contribution in [0.3, 0.4) is 0 Å². The Labute approximate surface area is 243 Å². The van der Waals surface area contributed by atoms with Crippen LogP contribution in [0.5, 0.6) is 0 Å². The number of aromatic nitrogens is 1. The SMILES string of the molecule is CCCC(CCC)c1ccc(CN(C)c2ccc(-c3csc(CN(C)c4ccccc4CC(=O)O)n3)cc2)cc1. The van der Waals surface area contributed by atoms with Gasteiger partial charge in [-0.25, -0.2) is 4.98 Å². The molecule has 0 fully saturated rings. The molecule has 5 nitrogen and oxygen atoms in total. The van der Waals surface area contributed by atoms with Crippen molar-refractivity contribution in [2.24, 2.45) is 0 Å². The number of carboxylic acid groups (broad SMARTS) is 1. The lowest BCUT2D eigenvalue weighted by atomic mass is 9.90. The number of para-hydroxylation sites is 1. The van der Waals surface area contributed by atoms with Crippen molar-refractivity contribution in [3.8, 4) is 11.3 Å². The zero-order chi connectivity index (χ0) is 28.5. The molecule has 0 radical (unpaired) electrons. The van der Waals surface area contributed by atoms with E-state index in [2.05, 4.69) is 84.6 Å². The third-order valence-electron chi connectivity index (χ3n) is 7.42. The lowest BCUT2D eigenvalue weighted by Gasteiger charge is -2.21. The van der Waals surface area contributed by atoms with Crippen LogP contribution in [0.2, 0.25) is 0 Å². The number of carbonyl (C=O) groups is 1. The van der Waals surface area contributed by atoms with E-state index in [1.165, 1.54) is 42.5 Å². The molecule has 6 heteroatoms. The Hall–Kier alpha value is -3.64. The highest BCUT2D eigenvalue weighted by molar-refractivity contribution is 7.10. The Morgan fingerprint density at radius 3 is 2.20 bits per heavy atom. The maximum atomic E-state index is 11.3. The number of hydrogen-bond acceptors (Lipinski definition) is 5. The number of thiazole rings is 1. The van der Waals surface area contributed by atoms with Crippen LogP contribution >= 0.6 is 11.3 Å². The summed E-state index contributed by atoms with van der Waals surface area (Å²) in [7, 11) is 4.12. The number of hydrogen-bond donors (Lipinski definition) is 1. The molecule has 3 aromatic carbocycles. The molecule has 4 rings (SSSR count). The highest BCUT2D eigenvalue weighted by atomic mass is 32.1. The van der Waals surface area contributed by atoms with Crippen molar-refractivity contribution in [2.45, 2.75) is 65.0 Å². The normalized spacial score (nSPS) is 11.1. The summed E-state index contributed by atoms with van der Waals surface area (Å²) in [6, 6.07) is 25.5. The highest BCUT2D eigenvalue weighted by Gasteiger charge is 2.14. The van der Waals surface area contributed by atoms with E-state index in [9.17, 15) is 9.90 Å². The number of anilines is 2. The summed E-state index contributed by atoms with van der Waals surface area (Å²) in [6.07, 6.45) is 4.99. The molecule has 0 amide bonds. The largest absolute Gasteiger partial charge is 0.481 e. The molecule has 4 aromatic rings. The first kappa shape index (κ1) is 29.3. The molecule has 1 heterocycles. The Balaban J connectivity index is 1.37. The molecule has 0 aliphatic heterocycles. The number of rotatable bonds is 14. The van der Waals surface area contributed by atoms with Crippen molar-refractivity contribution in [1.29, 1.82) is 0 Å². The molecule has 0 aliphatic rings. The number of carboxylic acids is 1. The monoisotopic (exact) mass is 555 g/mol. The predicted molar refractivity (Wildman–Crippen MR) is 169 cm³/mol. The minimum absolute atomic E-state index is 0.00806. The van der Waals surface area contributed by atoms with Crippen molar-refractivity contribution < 1.29 is 9.90 Å². The summed E-state index contributed by atoms with van der Waals surface area (Å²) >= 11 is 1.63. The first-order valence-electron chi connectivity index (χ1n) is 14.2. The summed E-state index contributed by atoms with van der Waals surface area (Å²) < 4.78 is 0. The van der Waals surface area contributed by atoms with Gasteiger partial charge in [0, 0.05) is 43.0 Å². The van der Waals surface area contributed by atoms with E-state index in [4.69, 9.17) is 4.98 Å². The van der Waals surface area contributed by atoms with E-state index in [0.717, 1.165) is 34.1 Å². The van der Waals surface area contributed by atoms with Gasteiger partial charge in [0.15, 0.2) is 0 Å². The highest BCUT2D eigenvalue weighted by Crippen LogP contribution is 2.29. The molecular formula is C34H41N3O2S. The van der Waals surface area contributed by atoms with Gasteiger partial charge in [0.2, 0.25) is 0 Å². The molecule has 0 saturated carbocycles. The topological polar surface area (TPSA) is 56.7 Å². The maximum absolute atomic E-state index is 11.3. The molecule has 0 spiro atoms. The van der Waals surface area contributed by atoms with Crippen molar-refractivity contribution in [2.75, 3.05) is 23.9 Å². The van der Waals surface area contributed by atoms with Crippen LogP contribution in [-0.2, 0) is 24.3 Å². The first-order chi connectivity index (χ1) is 19.4. The minimum atomic E-state index is -0.827. The van der Waals surface area contributed by atoms with Gasteiger partial charge in [0.1, 0.15) is 5.01 Å². The number of benzene rings is 3. The van der Waals surface area contributed by atoms with E-state index >= 15 is 0 Å². The van der Waals surface area contributed by atoms with Crippen LogP contribution in [0.4, 0.5) is 11.4 Å². The van der Waals surface area contributed by atoms with Crippen LogP contribution < -0.4 is 9.80 Å². The first-order valence-corrected chi connectivity index (χ1v) is 15.1. The Morgan fingerprint density at radius 2 is 1.55 bits per heavy atom. The van der Waals surface area contributed by atoms with Gasteiger partial charge in [-0.2, -0.15) is 0 Å². The second kappa shape index (κ2) is 14.1. The van der Waals surface area contributed by atoms with Gasteiger partial charge in [-0.1, -0.05) is 81.3 Å². The Kier molecular flexibility index (Phi) is 10.4. The fourth-order valence-electron chi connectivity index (χ4n) is 5.32. The van der Waals surface area contributed by atoms with Crippen LogP contribution in [-0.4, -0.2) is 30.2 Å². The maximum Gasteiger partial charge on any atom is 0.307 e. The molecule has 0 atom stereocenters. The van der Waals surface area contributed by atoms with Crippen LogP contribution in [0.15, 0.2) is 78.2 Å². The van der Waals surface area contributed by atoms with Gasteiger partial charge < -0.3 is 14.9 Å². The molecule has 1 aromatic heterocycles. The second-order valence-electron chi connectivity index (χ2n) is 10.6. The van der Waals surface area contributed by atoms with Gasteiger partial charge in [0.05, 0.1) is 18.7 Å². The van der Waals surface area contributed by atoms with E-state index in [0.29, 0.717) is 12.5 Å². The second-order valence-corrected chi connectivity index (χ2v) is 11.5. The zero-order valence-electron chi connectivity index (χ0n) is 24.1. The van der Waals surface area contributed by atoms with Crippen molar-refractivity contribution in [1.82, 2.24) is 4.98 Å². The predicted octanol–water partition coefficient (Wildman–Crippen LogP) is 8.39. The molecule has 0 unspecified atom stereocenters. The molecule has 210 valence electrons. The standard InChI is InChI=1S/C34H41N3O2S/c1-5-9-26(10-6-2)27-15-13-25(14-16-27)22-36(3)30-19-17-28(18-20-30)31-24-40-33(35-31)23-37(4)32-12-8-7-11-29(32)21-34(38)39/h7-8,11-20,24,26H,5-6,9-10,21-23H2,1-4H3,(H,38,39). The molecular weight excluding hydrogens is 514 g/mol. The average molecular weight is 556 g/mol. The fraction of sp³-hybridized carbons (Fsp3) is 0.353. The van der Waals surface area contributed by atoms with Crippen molar-refractivity contribution >= 4 is 28.7 Å². The minimum Gasteiger partial charge on any atom is -0.481 e. The summed E-state index contributed by atoms with van der Waals surface area (Å²) in [6.45, 7) is 6.03. The summed E-state index contributed by atoms with van der Waals surface area (Å²) in [5, 5.41) is 12.3. The third kappa shape index (κ3) is 7.72. The molecule has 0 bridgehead atoms. The zero-order valence-corrected chi connectivity index (χ0v) is 25.0. The molecule has 40 heavy (non-hydrogen) atoms. The van der Waals surface area contributed by atoms with Gasteiger partial charge in [0.25, 0.3) is 0 Å². The number of nitrogens with zero attached hydrogens (tertiary/aromatic N) is 3. The molecule has 0 aliphatic carbocycles. The summed E-state index contributed by atoms with van der Waals surface area (Å²) in [5.74, 6) is -0.152. The molecule has 1 N–H and O–H groups in total. The Morgan fingerprint density at radius 1 is 0.875 bits per heavy atom. The van der Waals surface area contributed by atoms with E-state index in [1.807, 2.05) is 31.3 Å². The van der Waals surface area contributed by atoms with E-state index in [1.54, 1.807) is 11.3 Å². The lowest BCUT2D eigenvalue weighted by Crippen LogP contribution is -2.18. The quantitative estimate of drug-likeness (QED) is 0.169. The fourth-order valence-corrected chi connectivity index (χ4v) is 6.18. The van der Waals surface area contributed by atoms with E-state index in [-0.39, 0.29) is 6.42 Å². The van der Waals surface area contributed by atoms with Crippen molar-refractivity contribution in [3.63, 3.8) is 0 Å². The molecule has 0 saturated heterocycles. The number of aliphatic carboxylic acids is 1. The van der Waals surface area contributed by atoms with Gasteiger partial charge in [-0.15, -0.1) is 11.3 Å². The summed E-state index contributed by atoms with van der Waals surface area (Å²) in [5.41, 5.74) is 7.75. The van der Waals surface area contributed by atoms with Crippen LogP contribution in [0.25, 0.3) is 11.3 Å². The van der Waals surface area contributed by atoms with Gasteiger partial charge >= 0.3 is 5.97 Å². The average Bonchev–Trinajstić information content (AvgIpc) is 3.42. The smallest absolute Gasteiger partial charge is 0.307 e.